The zero-order chi connectivity index (χ0) is 24.8. The van der Waals surface area contributed by atoms with Crippen molar-refractivity contribution in [2.24, 2.45) is 5.73 Å². The molecule has 176 valence electrons. The molecule has 0 radical (unpaired) electrons. The summed E-state index contributed by atoms with van der Waals surface area (Å²) < 4.78 is 0. The van der Waals surface area contributed by atoms with E-state index in [1.54, 1.807) is 41.1 Å². The second-order valence-electron chi connectivity index (χ2n) is 8.00. The van der Waals surface area contributed by atoms with E-state index in [1.807, 2.05) is 13.0 Å². The first-order chi connectivity index (χ1) is 16.3. The highest BCUT2D eigenvalue weighted by atomic mass is 32.2. The van der Waals surface area contributed by atoms with Gasteiger partial charge in [0.15, 0.2) is 0 Å². The zero-order valence-electron chi connectivity index (χ0n) is 19.1. The molecule has 0 aliphatic carbocycles. The van der Waals surface area contributed by atoms with Gasteiger partial charge in [0.2, 0.25) is 11.8 Å². The fraction of sp³-hybridized carbons (Fsp3) is 0.375. The van der Waals surface area contributed by atoms with E-state index in [1.165, 1.54) is 0 Å². The molecule has 1 fully saturated rings. The molecule has 2 unspecified atom stereocenters. The number of hydrogen-bond donors (Lipinski definition) is 2. The van der Waals surface area contributed by atoms with Gasteiger partial charge in [0.25, 0.3) is 0 Å². The number of pyridine rings is 1. The minimum absolute atomic E-state index is 0.0501. The lowest BCUT2D eigenvalue weighted by Gasteiger charge is -2.25. The summed E-state index contributed by atoms with van der Waals surface area (Å²) in [6.07, 6.45) is 0.389. The van der Waals surface area contributed by atoms with Crippen LogP contribution in [-0.2, 0) is 16.0 Å². The third kappa shape index (κ3) is 5.30. The molecule has 3 N–H and O–H groups in total. The first-order valence-electron chi connectivity index (χ1n) is 10.9. The summed E-state index contributed by atoms with van der Waals surface area (Å²) in [4.78, 5) is 32.7. The number of benzene rings is 1. The van der Waals surface area contributed by atoms with Gasteiger partial charge >= 0.3 is 0 Å². The van der Waals surface area contributed by atoms with Crippen LogP contribution in [0.2, 0.25) is 0 Å². The minimum atomic E-state index is -0.788. The van der Waals surface area contributed by atoms with Crippen molar-refractivity contribution in [1.29, 1.82) is 10.5 Å². The molecule has 34 heavy (non-hydrogen) atoms. The summed E-state index contributed by atoms with van der Waals surface area (Å²) >= 11 is 1.05. The third-order valence-corrected chi connectivity index (χ3v) is 6.92. The molecule has 0 saturated carbocycles. The van der Waals surface area contributed by atoms with Gasteiger partial charge in [-0.2, -0.15) is 10.5 Å². The van der Waals surface area contributed by atoms with Gasteiger partial charge in [0.05, 0.1) is 23.8 Å². The Morgan fingerprint density at radius 1 is 1.29 bits per heavy atom. The number of β-amino-alcohol motifs (C(OH)–C–C–N with tert-alkyl or cyclic N) is 1. The number of likely N-dealkylation sites (tertiary alicyclic amines) is 1. The number of amides is 2. The number of aromatic nitrogens is 1. The Morgan fingerprint density at radius 2 is 1.97 bits per heavy atom. The van der Waals surface area contributed by atoms with Crippen LogP contribution < -0.4 is 10.6 Å². The first kappa shape index (κ1) is 25.0. The van der Waals surface area contributed by atoms with Crippen molar-refractivity contribution in [3.63, 3.8) is 0 Å². The number of thioether (sulfide) groups is 1. The van der Waals surface area contributed by atoms with Crippen molar-refractivity contribution < 1.29 is 14.7 Å². The second kappa shape index (κ2) is 11.0. The topological polar surface area (TPSA) is 147 Å². The molecule has 0 bridgehead atoms. The molecule has 1 saturated heterocycles. The number of nitriles is 2. The van der Waals surface area contributed by atoms with E-state index >= 15 is 0 Å². The van der Waals surface area contributed by atoms with Crippen LogP contribution in [-0.4, -0.2) is 59.6 Å². The van der Waals surface area contributed by atoms with Crippen LogP contribution in [0.25, 0.3) is 0 Å². The summed E-state index contributed by atoms with van der Waals surface area (Å²) in [7, 11) is 1.65. The Labute approximate surface area is 202 Å². The summed E-state index contributed by atoms with van der Waals surface area (Å²) in [5, 5.41) is 29.0. The van der Waals surface area contributed by atoms with Crippen LogP contribution in [0.1, 0.15) is 40.8 Å². The number of carbonyl (C=O) groups excluding carboxylic acids is 2. The molecule has 1 aliphatic rings. The van der Waals surface area contributed by atoms with Gasteiger partial charge in [-0.1, -0.05) is 49.0 Å². The number of aliphatic hydroxyl groups excluding tert-OH is 1. The maximum Gasteiger partial charge on any atom is 0.242 e. The summed E-state index contributed by atoms with van der Waals surface area (Å²) in [6.45, 7) is 2.52. The van der Waals surface area contributed by atoms with E-state index in [4.69, 9.17) is 5.73 Å². The monoisotopic (exact) mass is 478 g/mol. The fourth-order valence-electron chi connectivity index (χ4n) is 3.92. The van der Waals surface area contributed by atoms with Crippen molar-refractivity contribution in [3.8, 4) is 12.1 Å². The maximum atomic E-state index is 12.7. The van der Waals surface area contributed by atoms with E-state index in [9.17, 15) is 25.2 Å². The van der Waals surface area contributed by atoms with Gasteiger partial charge < -0.3 is 20.6 Å². The molecule has 9 nitrogen and oxygen atoms in total. The number of rotatable bonds is 8. The number of anilines is 1. The van der Waals surface area contributed by atoms with Gasteiger partial charge in [-0.15, -0.1) is 0 Å². The first-order valence-corrected chi connectivity index (χ1v) is 11.7. The lowest BCUT2D eigenvalue weighted by Crippen LogP contribution is -2.38. The summed E-state index contributed by atoms with van der Waals surface area (Å²) in [5.74, 6) is -0.521. The van der Waals surface area contributed by atoms with Crippen molar-refractivity contribution in [2.75, 3.05) is 31.6 Å². The molecule has 2 aromatic rings. The molecule has 1 aromatic carbocycles. The molecule has 10 heteroatoms. The minimum Gasteiger partial charge on any atom is -0.391 e. The molecule has 1 aliphatic heterocycles. The molecular weight excluding hydrogens is 452 g/mol. The van der Waals surface area contributed by atoms with Crippen LogP contribution in [0.3, 0.4) is 0 Å². The van der Waals surface area contributed by atoms with E-state index in [0.29, 0.717) is 30.5 Å². The Bertz CT molecular complexity index is 1160. The molecule has 1 aromatic heterocycles. The number of hydrogen-bond acceptors (Lipinski definition) is 8. The van der Waals surface area contributed by atoms with Gasteiger partial charge in [-0.25, -0.2) is 4.98 Å². The number of likely N-dealkylation sites (N-methyl/N-ethyl adjacent to an activating group) is 1. The van der Waals surface area contributed by atoms with Crippen LogP contribution in [0.4, 0.5) is 5.82 Å². The quantitative estimate of drug-likeness (QED) is 0.545. The molecule has 3 rings (SSSR count). The van der Waals surface area contributed by atoms with E-state index in [2.05, 4.69) is 17.1 Å². The van der Waals surface area contributed by atoms with E-state index < -0.39 is 17.3 Å². The Hall–Kier alpha value is -3.60. The van der Waals surface area contributed by atoms with Gasteiger partial charge in [-0.3, -0.25) is 9.59 Å². The number of primary amides is 1. The van der Waals surface area contributed by atoms with Crippen molar-refractivity contribution in [1.82, 2.24) is 9.88 Å². The van der Waals surface area contributed by atoms with Gasteiger partial charge in [-0.05, 0) is 24.0 Å². The number of nitrogens with zero attached hydrogens (tertiary/aromatic N) is 5. The van der Waals surface area contributed by atoms with Gasteiger partial charge in [0, 0.05) is 20.1 Å². The lowest BCUT2D eigenvalue weighted by atomic mass is 10.0. The Balaban J connectivity index is 2.02. The molecular formula is C24H26N6O3S. The van der Waals surface area contributed by atoms with Crippen LogP contribution in [0.15, 0.2) is 35.4 Å². The van der Waals surface area contributed by atoms with E-state index in [-0.39, 0.29) is 41.0 Å². The number of aliphatic hydroxyl groups is 1. The fourth-order valence-corrected chi connectivity index (χ4v) is 4.98. The third-order valence-electron chi connectivity index (χ3n) is 5.67. The largest absolute Gasteiger partial charge is 0.391 e. The Morgan fingerprint density at radius 3 is 2.50 bits per heavy atom. The zero-order valence-corrected chi connectivity index (χ0v) is 19.9. The number of carbonyl (C=O) groups is 2. The average molecular weight is 479 g/mol. The summed E-state index contributed by atoms with van der Waals surface area (Å²) in [6, 6.07) is 13.2. The van der Waals surface area contributed by atoms with Gasteiger partial charge in [0.1, 0.15) is 28.2 Å². The predicted molar refractivity (Wildman–Crippen MR) is 128 cm³/mol. The molecule has 2 heterocycles. The smallest absolute Gasteiger partial charge is 0.242 e. The highest BCUT2D eigenvalue weighted by Crippen LogP contribution is 2.39. The van der Waals surface area contributed by atoms with Crippen molar-refractivity contribution >= 4 is 29.4 Å². The lowest BCUT2D eigenvalue weighted by molar-refractivity contribution is -0.129. The highest BCUT2D eigenvalue weighted by Gasteiger charge is 2.29. The maximum absolute atomic E-state index is 12.7. The standard InChI is InChI=1S/C24H26N6O3S/c1-3-17-18(11-25)23(29(2)14-20(32)30-10-9-16(31)13-30)28-24(19(17)12-26)34-21(22(27)33)15-7-5-4-6-8-15/h4-8,16,21,31H,3,9-10,13-14H2,1-2H3,(H2,27,33). The van der Waals surface area contributed by atoms with Crippen LogP contribution in [0.5, 0.6) is 0 Å². The normalized spacial score (nSPS) is 15.9. The molecule has 2 atom stereocenters. The number of nitrogens with two attached hydrogens (primary N) is 1. The van der Waals surface area contributed by atoms with Crippen molar-refractivity contribution in [3.05, 3.63) is 52.6 Å². The SMILES string of the molecule is CCc1c(C#N)c(SC(C(N)=O)c2ccccc2)nc(N(C)CC(=O)N2CCC(O)C2)c1C#N. The average Bonchev–Trinajstić information content (AvgIpc) is 3.28. The van der Waals surface area contributed by atoms with Crippen LogP contribution >= 0.6 is 11.8 Å². The van der Waals surface area contributed by atoms with E-state index in [0.717, 1.165) is 11.8 Å². The predicted octanol–water partition coefficient (Wildman–Crippen LogP) is 1.74. The van der Waals surface area contributed by atoms with Crippen molar-refractivity contribution in [2.45, 2.75) is 36.1 Å². The van der Waals surface area contributed by atoms with Crippen LogP contribution in [0, 0.1) is 22.7 Å². The highest BCUT2D eigenvalue weighted by molar-refractivity contribution is 8.00. The second-order valence-corrected chi connectivity index (χ2v) is 9.09. The molecule has 0 spiro atoms. The Kier molecular flexibility index (Phi) is 8.11. The summed E-state index contributed by atoms with van der Waals surface area (Å²) in [5.41, 5.74) is 7.29. The molecule has 2 amide bonds.